The number of hydrogen-bond donors (Lipinski definition) is 0. The molecule has 0 saturated carbocycles. The fourth-order valence-electron chi connectivity index (χ4n) is 2.84. The molecule has 4 nitrogen and oxygen atoms in total. The number of fused-ring (bicyclic) bond motifs is 1. The number of aromatic nitrogens is 1. The number of hydrogen-bond acceptors (Lipinski definition) is 4. The normalized spacial score (nSPS) is 17.0. The van der Waals surface area contributed by atoms with E-state index in [0.29, 0.717) is 0 Å². The number of nitrogens with zero attached hydrogens (tertiary/aromatic N) is 3. The van der Waals surface area contributed by atoms with E-state index in [4.69, 9.17) is 4.84 Å². The molecule has 0 aliphatic carbocycles. The van der Waals surface area contributed by atoms with Crippen molar-refractivity contribution in [3.63, 3.8) is 0 Å². The van der Waals surface area contributed by atoms with Gasteiger partial charge in [-0.1, -0.05) is 47.5 Å². The number of rotatable bonds is 2. The molecule has 0 bridgehead atoms. The van der Waals surface area contributed by atoms with Crippen LogP contribution < -0.4 is 4.90 Å². The molecule has 4 rings (SSSR count). The third-order valence-electron chi connectivity index (χ3n) is 4.17. The molecule has 25 heavy (non-hydrogen) atoms. The molecule has 1 aromatic heterocycles. The van der Waals surface area contributed by atoms with Crippen LogP contribution in [-0.2, 0) is 4.84 Å². The van der Waals surface area contributed by atoms with Gasteiger partial charge in [-0.05, 0) is 47.9 Å². The van der Waals surface area contributed by atoms with E-state index in [9.17, 15) is 0 Å². The van der Waals surface area contributed by atoms with Crippen molar-refractivity contribution in [3.05, 3.63) is 72.6 Å². The molecule has 1 aliphatic heterocycles. The van der Waals surface area contributed by atoms with E-state index in [1.165, 1.54) is 10.8 Å². The van der Waals surface area contributed by atoms with Crippen LogP contribution in [0, 0.1) is 17.8 Å². The summed E-state index contributed by atoms with van der Waals surface area (Å²) in [6.45, 7) is 2.03. The van der Waals surface area contributed by atoms with E-state index < -0.39 is 0 Å². The highest BCUT2D eigenvalue weighted by Gasteiger charge is 2.29. The minimum atomic E-state index is -0.252. The Labute approximate surface area is 146 Å². The maximum Gasteiger partial charge on any atom is 0.218 e. The standard InChI is InChI=1S/C21H17N3O/c1-16(9-11-19-8-4-5-13-22-19)21-24(15-23-25-21)20-12-10-17-6-2-3-7-18(17)14-20/h2-8,10,12-16,21H,1H3. The number of oxime groups is 1. The van der Waals surface area contributed by atoms with Crippen molar-refractivity contribution in [2.45, 2.75) is 13.2 Å². The van der Waals surface area contributed by atoms with E-state index >= 15 is 0 Å². The summed E-state index contributed by atoms with van der Waals surface area (Å²) in [5.41, 5.74) is 1.79. The largest absolute Gasteiger partial charge is 0.367 e. The van der Waals surface area contributed by atoms with Gasteiger partial charge in [-0.25, -0.2) is 4.98 Å². The summed E-state index contributed by atoms with van der Waals surface area (Å²) in [7, 11) is 0. The fraction of sp³-hybridized carbons (Fsp3) is 0.143. The van der Waals surface area contributed by atoms with Gasteiger partial charge in [0.2, 0.25) is 6.23 Å². The van der Waals surface area contributed by atoms with Crippen LogP contribution in [-0.4, -0.2) is 17.6 Å². The molecule has 2 unspecified atom stereocenters. The summed E-state index contributed by atoms with van der Waals surface area (Å²) < 4.78 is 0. The van der Waals surface area contributed by atoms with Gasteiger partial charge in [0.1, 0.15) is 12.0 Å². The van der Waals surface area contributed by atoms with Crippen molar-refractivity contribution in [1.29, 1.82) is 0 Å². The monoisotopic (exact) mass is 327 g/mol. The molecule has 0 radical (unpaired) electrons. The first kappa shape index (κ1) is 15.2. The van der Waals surface area contributed by atoms with Gasteiger partial charge in [-0.2, -0.15) is 0 Å². The summed E-state index contributed by atoms with van der Waals surface area (Å²) in [5, 5.41) is 6.39. The Balaban J connectivity index is 1.59. The van der Waals surface area contributed by atoms with Gasteiger partial charge in [0.05, 0.1) is 5.92 Å². The third-order valence-corrected chi connectivity index (χ3v) is 4.17. The Morgan fingerprint density at radius 1 is 1.04 bits per heavy atom. The van der Waals surface area contributed by atoms with E-state index in [1.807, 2.05) is 42.2 Å². The average Bonchev–Trinajstić information content (AvgIpc) is 3.16. The predicted molar refractivity (Wildman–Crippen MR) is 100 cm³/mol. The highest BCUT2D eigenvalue weighted by molar-refractivity contribution is 5.90. The molecule has 3 aromatic rings. The van der Waals surface area contributed by atoms with Crippen molar-refractivity contribution >= 4 is 22.8 Å². The molecule has 4 heteroatoms. The second-order valence-electron chi connectivity index (χ2n) is 5.93. The molecule has 0 saturated heterocycles. The SMILES string of the molecule is CC(C#Cc1ccccn1)C1ON=CN1c1ccc2ccccc2c1. The summed E-state index contributed by atoms with van der Waals surface area (Å²) >= 11 is 0. The van der Waals surface area contributed by atoms with Crippen LogP contribution in [0.3, 0.4) is 0 Å². The van der Waals surface area contributed by atoms with Gasteiger partial charge in [0, 0.05) is 11.9 Å². The van der Waals surface area contributed by atoms with Crippen molar-refractivity contribution in [2.24, 2.45) is 11.1 Å². The zero-order valence-corrected chi connectivity index (χ0v) is 13.8. The summed E-state index contributed by atoms with van der Waals surface area (Å²) in [6, 6.07) is 20.3. The van der Waals surface area contributed by atoms with Crippen LogP contribution in [0.4, 0.5) is 5.69 Å². The molecule has 122 valence electrons. The molecular formula is C21H17N3O. The number of anilines is 1. The van der Waals surface area contributed by atoms with E-state index in [2.05, 4.69) is 52.3 Å². The zero-order chi connectivity index (χ0) is 17.1. The van der Waals surface area contributed by atoms with Gasteiger partial charge in [-0.15, -0.1) is 0 Å². The Bertz CT molecular complexity index is 972. The molecule has 0 spiro atoms. The maximum atomic E-state index is 5.55. The minimum absolute atomic E-state index is 0.0315. The van der Waals surface area contributed by atoms with Gasteiger partial charge >= 0.3 is 0 Å². The first-order chi connectivity index (χ1) is 12.3. The maximum absolute atomic E-state index is 5.55. The van der Waals surface area contributed by atoms with Gasteiger partial charge in [-0.3, -0.25) is 4.90 Å². The van der Waals surface area contributed by atoms with Crippen LogP contribution in [0.15, 0.2) is 72.0 Å². The van der Waals surface area contributed by atoms with Crippen LogP contribution in [0.2, 0.25) is 0 Å². The first-order valence-electron chi connectivity index (χ1n) is 8.20. The molecule has 0 amide bonds. The van der Waals surface area contributed by atoms with E-state index in [1.54, 1.807) is 12.5 Å². The van der Waals surface area contributed by atoms with Crippen LogP contribution in [0.25, 0.3) is 10.8 Å². The molecule has 0 fully saturated rings. The number of pyridine rings is 1. The molecule has 2 atom stereocenters. The van der Waals surface area contributed by atoms with Crippen molar-refractivity contribution in [2.75, 3.05) is 4.90 Å². The Kier molecular flexibility index (Phi) is 4.05. The zero-order valence-electron chi connectivity index (χ0n) is 13.8. The third kappa shape index (κ3) is 3.17. The predicted octanol–water partition coefficient (Wildman–Crippen LogP) is 4.03. The van der Waals surface area contributed by atoms with Crippen LogP contribution in [0.5, 0.6) is 0 Å². The summed E-state index contributed by atoms with van der Waals surface area (Å²) in [6.07, 6.45) is 3.20. The van der Waals surface area contributed by atoms with Crippen molar-refractivity contribution in [3.8, 4) is 11.8 Å². The van der Waals surface area contributed by atoms with E-state index in [0.717, 1.165) is 11.4 Å². The minimum Gasteiger partial charge on any atom is -0.367 e. The Morgan fingerprint density at radius 3 is 2.72 bits per heavy atom. The summed E-state index contributed by atoms with van der Waals surface area (Å²) in [4.78, 5) is 11.8. The van der Waals surface area contributed by atoms with Crippen LogP contribution in [0.1, 0.15) is 12.6 Å². The molecule has 2 aromatic carbocycles. The molecule has 1 aliphatic rings. The smallest absolute Gasteiger partial charge is 0.218 e. The lowest BCUT2D eigenvalue weighted by molar-refractivity contribution is 0.0641. The topological polar surface area (TPSA) is 37.7 Å². The first-order valence-corrected chi connectivity index (χ1v) is 8.20. The van der Waals surface area contributed by atoms with Gasteiger partial charge < -0.3 is 4.84 Å². The van der Waals surface area contributed by atoms with Crippen LogP contribution >= 0.6 is 0 Å². The number of benzene rings is 2. The molecule has 0 N–H and O–H groups in total. The molecular weight excluding hydrogens is 310 g/mol. The Morgan fingerprint density at radius 2 is 1.88 bits per heavy atom. The fourth-order valence-corrected chi connectivity index (χ4v) is 2.84. The molecule has 2 heterocycles. The second kappa shape index (κ2) is 6.66. The average molecular weight is 327 g/mol. The van der Waals surface area contributed by atoms with Gasteiger partial charge in [0.25, 0.3) is 0 Å². The lowest BCUT2D eigenvalue weighted by Gasteiger charge is -2.24. The summed E-state index contributed by atoms with van der Waals surface area (Å²) in [5.74, 6) is 6.29. The highest BCUT2D eigenvalue weighted by Crippen LogP contribution is 2.27. The lowest BCUT2D eigenvalue weighted by Crippen LogP contribution is -2.35. The highest BCUT2D eigenvalue weighted by atomic mass is 16.7. The van der Waals surface area contributed by atoms with Crippen molar-refractivity contribution in [1.82, 2.24) is 4.98 Å². The van der Waals surface area contributed by atoms with Gasteiger partial charge in [0.15, 0.2) is 0 Å². The van der Waals surface area contributed by atoms with Crippen molar-refractivity contribution < 1.29 is 4.84 Å². The second-order valence-corrected chi connectivity index (χ2v) is 5.93. The van der Waals surface area contributed by atoms with E-state index in [-0.39, 0.29) is 12.1 Å². The quantitative estimate of drug-likeness (QED) is 0.667. The lowest BCUT2D eigenvalue weighted by atomic mass is 10.1. The Hall–Kier alpha value is -3.32.